The van der Waals surface area contributed by atoms with Gasteiger partial charge in [0.15, 0.2) is 5.16 Å². The summed E-state index contributed by atoms with van der Waals surface area (Å²) in [6.07, 6.45) is 3.26. The van der Waals surface area contributed by atoms with Gasteiger partial charge in [0.25, 0.3) is 5.91 Å². The Hall–Kier alpha value is -2.00. The van der Waals surface area contributed by atoms with Gasteiger partial charge in [0.1, 0.15) is 11.5 Å². The molecule has 1 heterocycles. The van der Waals surface area contributed by atoms with Gasteiger partial charge in [-0.15, -0.1) is 0 Å². The van der Waals surface area contributed by atoms with E-state index in [4.69, 9.17) is 0 Å². The summed E-state index contributed by atoms with van der Waals surface area (Å²) in [7, 11) is 0. The number of thioether (sulfide) groups is 1. The fraction of sp³-hybridized carbons (Fsp3) is 0.333. The van der Waals surface area contributed by atoms with E-state index in [0.29, 0.717) is 28.3 Å². The van der Waals surface area contributed by atoms with Gasteiger partial charge in [-0.05, 0) is 53.0 Å². The van der Waals surface area contributed by atoms with Crippen LogP contribution in [0.2, 0.25) is 0 Å². The van der Waals surface area contributed by atoms with Crippen molar-refractivity contribution in [3.63, 3.8) is 0 Å². The Balaban J connectivity index is 1.77. The van der Waals surface area contributed by atoms with Crippen molar-refractivity contribution in [2.75, 3.05) is 17.6 Å². The van der Waals surface area contributed by atoms with Gasteiger partial charge >= 0.3 is 0 Å². The van der Waals surface area contributed by atoms with E-state index in [2.05, 4.69) is 43.5 Å². The van der Waals surface area contributed by atoms with Crippen LogP contribution in [0.5, 0.6) is 0 Å². The van der Waals surface area contributed by atoms with Gasteiger partial charge in [0.2, 0.25) is 5.91 Å². The Morgan fingerprint density at radius 2 is 2.00 bits per heavy atom. The molecule has 0 bridgehead atoms. The summed E-state index contributed by atoms with van der Waals surface area (Å²) in [4.78, 5) is 32.6. The van der Waals surface area contributed by atoms with Crippen LogP contribution in [0.4, 0.5) is 10.1 Å². The van der Waals surface area contributed by atoms with Crippen molar-refractivity contribution >= 4 is 45.2 Å². The van der Waals surface area contributed by atoms with E-state index in [9.17, 15) is 14.0 Å². The molecule has 27 heavy (non-hydrogen) atoms. The molecule has 0 aliphatic rings. The summed E-state index contributed by atoms with van der Waals surface area (Å²) in [5, 5.41) is 5.99. The Kier molecular flexibility index (Phi) is 8.66. The Morgan fingerprint density at radius 3 is 2.70 bits per heavy atom. The lowest BCUT2D eigenvalue weighted by molar-refractivity contribution is -0.116. The molecule has 0 aliphatic heterocycles. The standard InChI is InChI=1S/C18H20BrFN4O2S/c1-2-10-27-18-22-11-14(19)16(24-18)17(26)21-9-3-4-15(25)23-13-7-5-12(20)6-8-13/h5-8,11H,2-4,9-10H2,1H3,(H,21,26)(H,23,25). The van der Waals surface area contributed by atoms with Crippen LogP contribution < -0.4 is 10.6 Å². The molecule has 144 valence electrons. The highest BCUT2D eigenvalue weighted by atomic mass is 79.9. The van der Waals surface area contributed by atoms with Crippen LogP contribution in [-0.4, -0.2) is 34.1 Å². The first kappa shape index (κ1) is 21.3. The van der Waals surface area contributed by atoms with Crippen LogP contribution in [0.1, 0.15) is 36.7 Å². The minimum absolute atomic E-state index is 0.197. The third kappa shape index (κ3) is 7.26. The van der Waals surface area contributed by atoms with Gasteiger partial charge in [-0.2, -0.15) is 0 Å². The molecular weight excluding hydrogens is 435 g/mol. The van der Waals surface area contributed by atoms with Crippen molar-refractivity contribution < 1.29 is 14.0 Å². The molecule has 0 saturated heterocycles. The van der Waals surface area contributed by atoms with Crippen LogP contribution in [0, 0.1) is 5.82 Å². The maximum Gasteiger partial charge on any atom is 0.271 e. The van der Waals surface area contributed by atoms with Gasteiger partial charge < -0.3 is 10.6 Å². The molecule has 0 unspecified atom stereocenters. The zero-order valence-electron chi connectivity index (χ0n) is 14.8. The first-order valence-corrected chi connectivity index (χ1v) is 10.3. The predicted octanol–water partition coefficient (Wildman–Crippen LogP) is 4.03. The van der Waals surface area contributed by atoms with E-state index in [1.807, 2.05) is 0 Å². The maximum absolute atomic E-state index is 12.8. The number of amides is 2. The minimum Gasteiger partial charge on any atom is -0.351 e. The molecule has 1 aromatic heterocycles. The monoisotopic (exact) mass is 454 g/mol. The van der Waals surface area contributed by atoms with Crippen molar-refractivity contribution in [2.45, 2.75) is 31.3 Å². The van der Waals surface area contributed by atoms with Crippen LogP contribution in [-0.2, 0) is 4.79 Å². The third-order valence-electron chi connectivity index (χ3n) is 3.37. The van der Waals surface area contributed by atoms with Crippen LogP contribution in [0.25, 0.3) is 0 Å². The minimum atomic E-state index is -0.358. The Morgan fingerprint density at radius 1 is 1.26 bits per heavy atom. The summed E-state index contributed by atoms with van der Waals surface area (Å²) in [5.41, 5.74) is 0.812. The van der Waals surface area contributed by atoms with Crippen molar-refractivity contribution in [3.05, 3.63) is 46.4 Å². The molecule has 2 aromatic rings. The lowest BCUT2D eigenvalue weighted by Crippen LogP contribution is -2.27. The van der Waals surface area contributed by atoms with Gasteiger partial charge in [-0.3, -0.25) is 9.59 Å². The highest BCUT2D eigenvalue weighted by Gasteiger charge is 2.14. The summed E-state index contributed by atoms with van der Waals surface area (Å²) in [6.45, 7) is 2.40. The van der Waals surface area contributed by atoms with Gasteiger partial charge in [-0.25, -0.2) is 14.4 Å². The largest absolute Gasteiger partial charge is 0.351 e. The molecule has 2 amide bonds. The number of carbonyl (C=O) groups excluding carboxylic acids is 2. The zero-order chi connectivity index (χ0) is 19.6. The number of carbonyl (C=O) groups is 2. The second-order valence-corrected chi connectivity index (χ2v) is 7.53. The highest BCUT2D eigenvalue weighted by Crippen LogP contribution is 2.19. The number of benzene rings is 1. The smallest absolute Gasteiger partial charge is 0.271 e. The lowest BCUT2D eigenvalue weighted by Gasteiger charge is -2.08. The van der Waals surface area contributed by atoms with Crippen molar-refractivity contribution in [1.82, 2.24) is 15.3 Å². The second-order valence-electron chi connectivity index (χ2n) is 5.61. The highest BCUT2D eigenvalue weighted by molar-refractivity contribution is 9.10. The molecule has 0 spiro atoms. The zero-order valence-corrected chi connectivity index (χ0v) is 17.2. The van der Waals surface area contributed by atoms with Crippen molar-refractivity contribution in [2.24, 2.45) is 0 Å². The van der Waals surface area contributed by atoms with E-state index in [0.717, 1.165) is 12.2 Å². The number of nitrogens with one attached hydrogen (secondary N) is 2. The average molecular weight is 455 g/mol. The van der Waals surface area contributed by atoms with E-state index >= 15 is 0 Å². The van der Waals surface area contributed by atoms with E-state index < -0.39 is 0 Å². The molecule has 1 aromatic carbocycles. The second kappa shape index (κ2) is 11.0. The van der Waals surface area contributed by atoms with Crippen molar-refractivity contribution in [3.8, 4) is 0 Å². The van der Waals surface area contributed by atoms with E-state index in [1.54, 1.807) is 6.20 Å². The molecule has 0 radical (unpaired) electrons. The fourth-order valence-corrected chi connectivity index (χ4v) is 3.11. The SMILES string of the molecule is CCCSc1ncc(Br)c(C(=O)NCCCC(=O)Nc2ccc(F)cc2)n1. The first-order valence-electron chi connectivity index (χ1n) is 8.48. The molecule has 2 rings (SSSR count). The number of aromatic nitrogens is 2. The topological polar surface area (TPSA) is 84.0 Å². The number of nitrogens with zero attached hydrogens (tertiary/aromatic N) is 2. The number of rotatable bonds is 9. The van der Waals surface area contributed by atoms with Gasteiger partial charge in [-0.1, -0.05) is 18.7 Å². The van der Waals surface area contributed by atoms with Crippen LogP contribution >= 0.6 is 27.7 Å². The Labute approximate surface area is 169 Å². The van der Waals surface area contributed by atoms with Gasteiger partial charge in [0.05, 0.1) is 4.47 Å². The fourth-order valence-electron chi connectivity index (χ4n) is 2.06. The molecule has 6 nitrogen and oxygen atoms in total. The number of halogens is 2. The number of anilines is 1. The van der Waals surface area contributed by atoms with Crippen LogP contribution in [0.15, 0.2) is 40.1 Å². The average Bonchev–Trinajstić information content (AvgIpc) is 2.66. The van der Waals surface area contributed by atoms with E-state index in [1.165, 1.54) is 36.0 Å². The third-order valence-corrected chi connectivity index (χ3v) is 5.01. The molecular formula is C18H20BrFN4O2S. The maximum atomic E-state index is 12.8. The molecule has 0 saturated carbocycles. The lowest BCUT2D eigenvalue weighted by atomic mass is 10.2. The molecule has 0 atom stereocenters. The predicted molar refractivity (Wildman–Crippen MR) is 107 cm³/mol. The molecule has 2 N–H and O–H groups in total. The number of hydrogen-bond donors (Lipinski definition) is 2. The van der Waals surface area contributed by atoms with Crippen LogP contribution in [0.3, 0.4) is 0 Å². The number of hydrogen-bond acceptors (Lipinski definition) is 5. The molecule has 9 heteroatoms. The Bertz CT molecular complexity index is 789. The molecule has 0 aliphatic carbocycles. The van der Waals surface area contributed by atoms with Crippen molar-refractivity contribution in [1.29, 1.82) is 0 Å². The summed E-state index contributed by atoms with van der Waals surface area (Å²) in [5.74, 6) is 0.00742. The van der Waals surface area contributed by atoms with E-state index in [-0.39, 0.29) is 29.7 Å². The first-order chi connectivity index (χ1) is 13.0. The summed E-state index contributed by atoms with van der Waals surface area (Å²) in [6, 6.07) is 5.55. The summed E-state index contributed by atoms with van der Waals surface area (Å²) >= 11 is 4.78. The van der Waals surface area contributed by atoms with Gasteiger partial charge in [0, 0.05) is 30.6 Å². The normalized spacial score (nSPS) is 10.5. The quantitative estimate of drug-likeness (QED) is 0.339. The summed E-state index contributed by atoms with van der Waals surface area (Å²) < 4.78 is 13.4. The molecule has 0 fully saturated rings.